The molecule has 1 heteroatoms. The first-order valence-corrected chi connectivity index (χ1v) is 4.39. The van der Waals surface area contributed by atoms with Gasteiger partial charge in [-0.15, -0.1) is 0 Å². The van der Waals surface area contributed by atoms with E-state index in [-0.39, 0.29) is 0 Å². The van der Waals surface area contributed by atoms with E-state index in [0.717, 1.165) is 24.4 Å². The Morgan fingerprint density at radius 3 is 2.70 bits per heavy atom. The zero-order valence-corrected chi connectivity index (χ0v) is 6.68. The third-order valence-electron chi connectivity index (χ3n) is 3.27. The summed E-state index contributed by atoms with van der Waals surface area (Å²) < 4.78 is 5.18. The van der Waals surface area contributed by atoms with Gasteiger partial charge in [0.15, 0.2) is 0 Å². The average molecular weight is 140 g/mol. The van der Waals surface area contributed by atoms with Crippen LogP contribution in [-0.2, 0) is 4.74 Å². The van der Waals surface area contributed by atoms with Gasteiger partial charge in [0, 0.05) is 13.7 Å². The van der Waals surface area contributed by atoms with Crippen LogP contribution < -0.4 is 0 Å². The van der Waals surface area contributed by atoms with Crippen molar-refractivity contribution in [2.45, 2.75) is 25.7 Å². The highest BCUT2D eigenvalue weighted by molar-refractivity contribution is 4.89. The molecule has 0 spiro atoms. The molecule has 2 bridgehead atoms. The molecule has 0 aliphatic heterocycles. The minimum Gasteiger partial charge on any atom is -0.384 e. The van der Waals surface area contributed by atoms with Gasteiger partial charge in [-0.1, -0.05) is 6.42 Å². The summed E-state index contributed by atoms with van der Waals surface area (Å²) in [6.07, 6.45) is 5.95. The number of fused-ring (bicyclic) bond motifs is 2. The quantitative estimate of drug-likeness (QED) is 0.570. The van der Waals surface area contributed by atoms with E-state index < -0.39 is 0 Å². The average Bonchev–Trinajstić information content (AvgIpc) is 2.48. The molecular formula is C9H16O. The molecule has 0 aromatic rings. The smallest absolute Gasteiger partial charge is 0.0493 e. The zero-order valence-electron chi connectivity index (χ0n) is 6.68. The Kier molecular flexibility index (Phi) is 1.69. The highest BCUT2D eigenvalue weighted by Crippen LogP contribution is 2.48. The van der Waals surface area contributed by atoms with Crippen LogP contribution >= 0.6 is 0 Å². The van der Waals surface area contributed by atoms with Gasteiger partial charge in [0.2, 0.25) is 0 Å². The summed E-state index contributed by atoms with van der Waals surface area (Å²) in [5, 5.41) is 0. The highest BCUT2D eigenvalue weighted by Gasteiger charge is 2.38. The summed E-state index contributed by atoms with van der Waals surface area (Å²) in [7, 11) is 1.83. The van der Waals surface area contributed by atoms with Crippen molar-refractivity contribution < 1.29 is 4.74 Å². The summed E-state index contributed by atoms with van der Waals surface area (Å²) in [6.45, 7) is 1.02. The van der Waals surface area contributed by atoms with Crippen LogP contribution in [0.15, 0.2) is 0 Å². The minimum atomic E-state index is 0.920. The second-order valence-corrected chi connectivity index (χ2v) is 3.89. The molecule has 2 fully saturated rings. The van der Waals surface area contributed by atoms with E-state index in [1.807, 2.05) is 7.11 Å². The second kappa shape index (κ2) is 2.54. The molecule has 2 saturated carbocycles. The van der Waals surface area contributed by atoms with Gasteiger partial charge >= 0.3 is 0 Å². The molecule has 0 heterocycles. The second-order valence-electron chi connectivity index (χ2n) is 3.89. The molecule has 0 amide bonds. The molecule has 3 unspecified atom stereocenters. The number of hydrogen-bond donors (Lipinski definition) is 0. The monoisotopic (exact) mass is 140 g/mol. The number of methoxy groups -OCH3 is 1. The van der Waals surface area contributed by atoms with E-state index in [9.17, 15) is 0 Å². The van der Waals surface area contributed by atoms with E-state index in [1.165, 1.54) is 25.7 Å². The fraction of sp³-hybridized carbons (Fsp3) is 1.00. The molecule has 2 aliphatic rings. The Balaban J connectivity index is 1.90. The van der Waals surface area contributed by atoms with E-state index in [2.05, 4.69) is 0 Å². The van der Waals surface area contributed by atoms with Gasteiger partial charge in [-0.3, -0.25) is 0 Å². The summed E-state index contributed by atoms with van der Waals surface area (Å²) in [5.41, 5.74) is 0. The van der Waals surface area contributed by atoms with Crippen LogP contribution in [0.5, 0.6) is 0 Å². The van der Waals surface area contributed by atoms with Crippen molar-refractivity contribution in [1.29, 1.82) is 0 Å². The van der Waals surface area contributed by atoms with Crippen LogP contribution in [0.3, 0.4) is 0 Å². The van der Waals surface area contributed by atoms with Gasteiger partial charge in [0.25, 0.3) is 0 Å². The van der Waals surface area contributed by atoms with Crippen LogP contribution in [0.4, 0.5) is 0 Å². The molecule has 10 heavy (non-hydrogen) atoms. The Hall–Kier alpha value is -0.0400. The van der Waals surface area contributed by atoms with Gasteiger partial charge in [0.05, 0.1) is 0 Å². The summed E-state index contributed by atoms with van der Waals surface area (Å²) >= 11 is 0. The lowest BCUT2D eigenvalue weighted by Crippen LogP contribution is -2.15. The molecule has 0 radical (unpaired) electrons. The predicted molar refractivity (Wildman–Crippen MR) is 40.8 cm³/mol. The Bertz CT molecular complexity index is 122. The Morgan fingerprint density at radius 2 is 2.20 bits per heavy atom. The Morgan fingerprint density at radius 1 is 1.30 bits per heavy atom. The first kappa shape index (κ1) is 6.66. The molecule has 1 nitrogen and oxygen atoms in total. The maximum Gasteiger partial charge on any atom is 0.0493 e. The maximum absolute atomic E-state index is 5.18. The molecule has 0 aromatic carbocycles. The van der Waals surface area contributed by atoms with E-state index >= 15 is 0 Å². The van der Waals surface area contributed by atoms with Crippen molar-refractivity contribution in [2.75, 3.05) is 13.7 Å². The zero-order chi connectivity index (χ0) is 6.97. The molecule has 0 aromatic heterocycles. The minimum absolute atomic E-state index is 0.920. The van der Waals surface area contributed by atoms with Crippen molar-refractivity contribution in [1.82, 2.24) is 0 Å². The maximum atomic E-state index is 5.18. The van der Waals surface area contributed by atoms with Crippen molar-refractivity contribution in [3.05, 3.63) is 0 Å². The molecule has 2 rings (SSSR count). The summed E-state index contributed by atoms with van der Waals surface area (Å²) in [6, 6.07) is 0. The van der Waals surface area contributed by atoms with Crippen LogP contribution in [-0.4, -0.2) is 13.7 Å². The largest absolute Gasteiger partial charge is 0.384 e. The SMILES string of the molecule is COCC1CC2CCC1C2. The van der Waals surface area contributed by atoms with Gasteiger partial charge in [-0.25, -0.2) is 0 Å². The number of hydrogen-bond acceptors (Lipinski definition) is 1. The number of rotatable bonds is 2. The van der Waals surface area contributed by atoms with Crippen molar-refractivity contribution >= 4 is 0 Å². The van der Waals surface area contributed by atoms with Crippen LogP contribution in [0.2, 0.25) is 0 Å². The lowest BCUT2D eigenvalue weighted by atomic mass is 9.90. The van der Waals surface area contributed by atoms with Crippen LogP contribution in [0, 0.1) is 17.8 Å². The summed E-state index contributed by atoms with van der Waals surface area (Å²) in [4.78, 5) is 0. The predicted octanol–water partition coefficient (Wildman–Crippen LogP) is 2.07. The third-order valence-corrected chi connectivity index (χ3v) is 3.27. The van der Waals surface area contributed by atoms with Gasteiger partial charge in [-0.2, -0.15) is 0 Å². The van der Waals surface area contributed by atoms with Gasteiger partial charge in [0.1, 0.15) is 0 Å². The lowest BCUT2D eigenvalue weighted by molar-refractivity contribution is 0.122. The van der Waals surface area contributed by atoms with Gasteiger partial charge in [-0.05, 0) is 37.0 Å². The van der Waals surface area contributed by atoms with Gasteiger partial charge < -0.3 is 4.74 Å². The lowest BCUT2D eigenvalue weighted by Gasteiger charge is -2.19. The van der Waals surface area contributed by atoms with Crippen molar-refractivity contribution in [3.8, 4) is 0 Å². The fourth-order valence-electron chi connectivity index (χ4n) is 2.79. The molecule has 0 saturated heterocycles. The first-order chi connectivity index (χ1) is 4.90. The molecular weight excluding hydrogens is 124 g/mol. The standard InChI is InChI=1S/C9H16O/c1-10-6-9-5-7-2-3-8(9)4-7/h7-9H,2-6H2,1H3. The molecule has 0 N–H and O–H groups in total. The first-order valence-electron chi connectivity index (χ1n) is 4.39. The molecule has 2 aliphatic carbocycles. The fourth-order valence-corrected chi connectivity index (χ4v) is 2.79. The molecule has 58 valence electrons. The summed E-state index contributed by atoms with van der Waals surface area (Å²) in [5.74, 6) is 3.03. The highest BCUT2D eigenvalue weighted by atomic mass is 16.5. The van der Waals surface area contributed by atoms with Crippen molar-refractivity contribution in [3.63, 3.8) is 0 Å². The van der Waals surface area contributed by atoms with Crippen molar-refractivity contribution in [2.24, 2.45) is 17.8 Å². The van der Waals surface area contributed by atoms with Crippen LogP contribution in [0.25, 0.3) is 0 Å². The van der Waals surface area contributed by atoms with Crippen LogP contribution in [0.1, 0.15) is 25.7 Å². The van der Waals surface area contributed by atoms with E-state index in [1.54, 1.807) is 0 Å². The number of ether oxygens (including phenoxy) is 1. The van der Waals surface area contributed by atoms with E-state index in [4.69, 9.17) is 4.74 Å². The third kappa shape index (κ3) is 0.968. The van der Waals surface area contributed by atoms with E-state index in [0.29, 0.717) is 0 Å². The topological polar surface area (TPSA) is 9.23 Å². The molecule has 3 atom stereocenters. The Labute approximate surface area is 62.8 Å². The normalized spacial score (nSPS) is 44.7.